The van der Waals surface area contributed by atoms with Gasteiger partial charge in [0.15, 0.2) is 0 Å². The molecule has 0 fully saturated rings. The van der Waals surface area contributed by atoms with Gasteiger partial charge in [-0.3, -0.25) is 4.57 Å². The number of para-hydroxylation sites is 3. The van der Waals surface area contributed by atoms with E-state index in [1.165, 1.54) is 89.0 Å². The van der Waals surface area contributed by atoms with Crippen LogP contribution in [0.2, 0.25) is 0 Å². The highest BCUT2D eigenvalue weighted by atomic mass is 15.1. The van der Waals surface area contributed by atoms with Gasteiger partial charge in [0.2, 0.25) is 0 Å². The van der Waals surface area contributed by atoms with E-state index in [-0.39, 0.29) is 11.8 Å². The summed E-state index contributed by atoms with van der Waals surface area (Å²) in [5, 5.41) is 0. The van der Waals surface area contributed by atoms with Gasteiger partial charge in [0.05, 0.1) is 11.0 Å². The van der Waals surface area contributed by atoms with Gasteiger partial charge >= 0.3 is 0 Å². The Labute approximate surface area is 415 Å². The molecule has 0 amide bonds. The first kappa shape index (κ1) is 42.0. The zero-order valence-corrected chi connectivity index (χ0v) is 39.1. The van der Waals surface area contributed by atoms with Gasteiger partial charge in [0.25, 0.3) is 0 Å². The van der Waals surface area contributed by atoms with E-state index in [0.717, 1.165) is 28.1 Å². The van der Waals surface area contributed by atoms with Gasteiger partial charge in [0, 0.05) is 23.1 Å². The SMILES string of the molecule is C1=CC2=C(c3cc(-c4ccccc4)cc(-c4ccccc4)c3)c3ccccc3C(c3cc(-c4ccccc4)cc(-c4ccccc4)c3)C2C=C1c1ccc(-c2nc3ccccc3n2-c2ccccc2)cc1. The molecule has 10 aromatic carbocycles. The first-order valence-electron chi connectivity index (χ1n) is 24.6. The van der Waals surface area contributed by atoms with Gasteiger partial charge in [-0.1, -0.05) is 231 Å². The van der Waals surface area contributed by atoms with Crippen molar-refractivity contribution in [3.05, 3.63) is 312 Å². The summed E-state index contributed by atoms with van der Waals surface area (Å²) in [5.41, 5.74) is 24.0. The summed E-state index contributed by atoms with van der Waals surface area (Å²) in [4.78, 5) is 5.19. The van der Waals surface area contributed by atoms with E-state index >= 15 is 0 Å². The Bertz CT molecular complexity index is 3710. The van der Waals surface area contributed by atoms with Crippen LogP contribution >= 0.6 is 0 Å². The van der Waals surface area contributed by atoms with Gasteiger partial charge in [-0.25, -0.2) is 4.98 Å². The zero-order valence-electron chi connectivity index (χ0n) is 39.1. The van der Waals surface area contributed by atoms with Gasteiger partial charge in [-0.2, -0.15) is 0 Å². The molecule has 0 spiro atoms. The maximum absolute atomic E-state index is 5.19. The average molecular weight is 905 g/mol. The molecule has 1 aromatic heterocycles. The van der Waals surface area contributed by atoms with Crippen LogP contribution in [-0.2, 0) is 0 Å². The molecule has 2 aliphatic rings. The third-order valence-corrected chi connectivity index (χ3v) is 14.4. The molecule has 0 radical (unpaired) electrons. The number of hydrogen-bond acceptors (Lipinski definition) is 1. The highest BCUT2D eigenvalue weighted by Gasteiger charge is 2.37. The van der Waals surface area contributed by atoms with Crippen LogP contribution in [-0.4, -0.2) is 9.55 Å². The molecule has 2 aliphatic carbocycles. The fourth-order valence-corrected chi connectivity index (χ4v) is 11.1. The van der Waals surface area contributed by atoms with Crippen molar-refractivity contribution in [3.63, 3.8) is 0 Å². The predicted octanol–water partition coefficient (Wildman–Crippen LogP) is 17.6. The molecule has 2 atom stereocenters. The smallest absolute Gasteiger partial charge is 0.145 e. The van der Waals surface area contributed by atoms with Crippen molar-refractivity contribution in [3.8, 4) is 61.6 Å². The Kier molecular flexibility index (Phi) is 10.7. The lowest BCUT2D eigenvalue weighted by atomic mass is 9.65. The topological polar surface area (TPSA) is 17.8 Å². The summed E-state index contributed by atoms with van der Waals surface area (Å²) in [7, 11) is 0. The first-order chi connectivity index (χ1) is 35.2. The fourth-order valence-electron chi connectivity index (χ4n) is 11.1. The molecule has 0 N–H and O–H groups in total. The number of benzene rings is 10. The van der Waals surface area contributed by atoms with Crippen molar-refractivity contribution in [1.82, 2.24) is 9.55 Å². The molecular weight excluding hydrogens is 857 g/mol. The molecule has 2 nitrogen and oxygen atoms in total. The molecule has 0 saturated heterocycles. The second-order valence-electron chi connectivity index (χ2n) is 18.7. The number of fused-ring (bicyclic) bond motifs is 3. The summed E-state index contributed by atoms with van der Waals surface area (Å²) in [6, 6.07) is 95.0. The largest absolute Gasteiger partial charge is 0.292 e. The van der Waals surface area contributed by atoms with Crippen LogP contribution in [0.15, 0.2) is 285 Å². The number of nitrogens with zero attached hydrogens (tertiary/aromatic N) is 2. The zero-order chi connectivity index (χ0) is 47.1. The fraction of sp³-hybridized carbons (Fsp3) is 0.0290. The van der Waals surface area contributed by atoms with Gasteiger partial charge < -0.3 is 0 Å². The number of imidazole rings is 1. The third kappa shape index (κ3) is 7.86. The molecule has 1 heterocycles. The summed E-state index contributed by atoms with van der Waals surface area (Å²) < 4.78 is 2.27. The Balaban J connectivity index is 1.01. The van der Waals surface area contributed by atoms with Gasteiger partial charge in [-0.05, 0) is 138 Å². The normalized spacial score (nSPS) is 15.0. The maximum Gasteiger partial charge on any atom is 0.145 e. The van der Waals surface area contributed by atoms with Crippen molar-refractivity contribution in [2.75, 3.05) is 0 Å². The summed E-state index contributed by atoms with van der Waals surface area (Å²) >= 11 is 0. The second kappa shape index (κ2) is 18.1. The minimum atomic E-state index is 0.0112. The van der Waals surface area contributed by atoms with E-state index in [9.17, 15) is 0 Å². The van der Waals surface area contributed by atoms with E-state index in [1.54, 1.807) is 0 Å². The predicted molar refractivity (Wildman–Crippen MR) is 296 cm³/mol. The highest BCUT2D eigenvalue weighted by Crippen LogP contribution is 2.53. The van der Waals surface area contributed by atoms with Crippen LogP contribution in [0.3, 0.4) is 0 Å². The molecule has 0 bridgehead atoms. The minimum absolute atomic E-state index is 0.0112. The standard InChI is InChI=1S/C69H48N2/c1-6-20-47(21-7-1)54-40-55(48-22-8-2-9-23-48)43-58(42-54)67-61-30-16-17-31-62(61)68(59-44-56(49-24-10-3-11-25-49)41-57(45-59)50-26-12-4-13-27-50)64-46-53(38-39-63(64)67)51-34-36-52(37-35-51)69-70-65-32-18-19-33-66(65)71(69)60-28-14-5-15-29-60/h1-46,64,68H. The maximum atomic E-state index is 5.19. The van der Waals surface area contributed by atoms with Crippen LogP contribution in [0.5, 0.6) is 0 Å². The van der Waals surface area contributed by atoms with Crippen LogP contribution in [0.4, 0.5) is 0 Å². The van der Waals surface area contributed by atoms with Crippen molar-refractivity contribution >= 4 is 22.2 Å². The van der Waals surface area contributed by atoms with Crippen molar-refractivity contribution in [2.45, 2.75) is 5.92 Å². The number of rotatable bonds is 9. The molecule has 71 heavy (non-hydrogen) atoms. The van der Waals surface area contributed by atoms with E-state index in [2.05, 4.69) is 284 Å². The molecule has 2 unspecified atom stereocenters. The van der Waals surface area contributed by atoms with Crippen molar-refractivity contribution in [2.24, 2.45) is 5.92 Å². The molecule has 0 aliphatic heterocycles. The lowest BCUT2D eigenvalue weighted by Crippen LogP contribution is -2.23. The molecular formula is C69H48N2. The minimum Gasteiger partial charge on any atom is -0.292 e. The van der Waals surface area contributed by atoms with Gasteiger partial charge in [-0.15, -0.1) is 0 Å². The monoisotopic (exact) mass is 904 g/mol. The lowest BCUT2D eigenvalue weighted by Gasteiger charge is -2.38. The highest BCUT2D eigenvalue weighted by molar-refractivity contribution is 5.94. The van der Waals surface area contributed by atoms with Crippen molar-refractivity contribution in [1.29, 1.82) is 0 Å². The van der Waals surface area contributed by atoms with Gasteiger partial charge in [0.1, 0.15) is 5.82 Å². The van der Waals surface area contributed by atoms with Crippen LogP contribution in [0, 0.1) is 5.92 Å². The molecule has 2 heteroatoms. The molecule has 334 valence electrons. The number of hydrogen-bond donors (Lipinski definition) is 0. The summed E-state index contributed by atoms with van der Waals surface area (Å²) in [6.45, 7) is 0. The first-order valence-corrected chi connectivity index (χ1v) is 24.6. The number of allylic oxidation sites excluding steroid dienone is 5. The Morgan fingerprint density at radius 3 is 1.39 bits per heavy atom. The number of aromatic nitrogens is 2. The molecule has 11 aromatic rings. The van der Waals surface area contributed by atoms with E-state index in [4.69, 9.17) is 4.98 Å². The lowest BCUT2D eigenvalue weighted by molar-refractivity contribution is 0.651. The quantitative estimate of drug-likeness (QED) is 0.141. The van der Waals surface area contributed by atoms with Crippen LogP contribution in [0.25, 0.3) is 83.8 Å². The Morgan fingerprint density at radius 2 is 0.817 bits per heavy atom. The molecule has 0 saturated carbocycles. The Morgan fingerprint density at radius 1 is 0.352 bits per heavy atom. The van der Waals surface area contributed by atoms with Crippen LogP contribution < -0.4 is 0 Å². The average Bonchev–Trinajstić information content (AvgIpc) is 3.85. The summed E-state index contributed by atoms with van der Waals surface area (Å²) in [6.07, 6.45) is 7.33. The molecule has 13 rings (SSSR count). The van der Waals surface area contributed by atoms with Crippen LogP contribution in [0.1, 0.15) is 33.7 Å². The van der Waals surface area contributed by atoms with E-state index in [1.807, 2.05) is 0 Å². The van der Waals surface area contributed by atoms with Crippen molar-refractivity contribution < 1.29 is 0 Å². The third-order valence-electron chi connectivity index (χ3n) is 14.4. The Hall–Kier alpha value is -9.11. The summed E-state index contributed by atoms with van der Waals surface area (Å²) in [5.74, 6) is 0.958. The second-order valence-corrected chi connectivity index (χ2v) is 18.7. The van der Waals surface area contributed by atoms with E-state index in [0.29, 0.717) is 0 Å². The van der Waals surface area contributed by atoms with E-state index < -0.39 is 0 Å².